The number of hydrogen-bond acceptors (Lipinski definition) is 6. The van der Waals surface area contributed by atoms with Crippen LogP contribution >= 0.6 is 0 Å². The lowest BCUT2D eigenvalue weighted by Gasteiger charge is -2.34. The third kappa shape index (κ3) is 12.4. The summed E-state index contributed by atoms with van der Waals surface area (Å²) in [6, 6.07) is 29.3. The molecule has 0 saturated carbocycles. The molecule has 1 saturated heterocycles. The van der Waals surface area contributed by atoms with Gasteiger partial charge in [-0.2, -0.15) is 13.2 Å². The maximum absolute atomic E-state index is 14.5. The summed E-state index contributed by atoms with van der Waals surface area (Å²) in [5.41, 5.74) is 3.56. The fraction of sp³-hybridized carbons (Fsp3) is 0.364. The fourth-order valence-electron chi connectivity index (χ4n) is 6.41. The number of anilines is 1. The Hall–Kier alpha value is -5.13. The van der Waals surface area contributed by atoms with Crippen molar-refractivity contribution < 1.29 is 32.2 Å². The van der Waals surface area contributed by atoms with Gasteiger partial charge >= 0.3 is 6.18 Å². The van der Waals surface area contributed by atoms with Crippen LogP contribution < -0.4 is 9.64 Å². The number of morpholine rings is 1. The number of benzene rings is 4. The highest BCUT2D eigenvalue weighted by Crippen LogP contribution is 2.29. The second-order valence-electron chi connectivity index (χ2n) is 14.2. The van der Waals surface area contributed by atoms with Gasteiger partial charge in [-0.1, -0.05) is 66.7 Å². The van der Waals surface area contributed by atoms with E-state index in [1.807, 2.05) is 99.8 Å². The minimum absolute atomic E-state index is 0.0921. The minimum Gasteiger partial charge on any atom is -0.491 e. The van der Waals surface area contributed by atoms with Crippen molar-refractivity contribution in [1.29, 1.82) is 0 Å². The van der Waals surface area contributed by atoms with Crippen LogP contribution in [0.15, 0.2) is 109 Å². The normalized spacial score (nSPS) is 14.0. The molecule has 11 heteroatoms. The summed E-state index contributed by atoms with van der Waals surface area (Å²) >= 11 is 0. The van der Waals surface area contributed by atoms with Gasteiger partial charge in [0.05, 0.1) is 24.9 Å². The first-order valence-corrected chi connectivity index (χ1v) is 18.7. The lowest BCUT2D eigenvalue weighted by molar-refractivity contribution is -0.143. The van der Waals surface area contributed by atoms with Gasteiger partial charge in [0, 0.05) is 64.5 Å². The van der Waals surface area contributed by atoms with E-state index in [0.29, 0.717) is 38.4 Å². The molecule has 1 atom stereocenters. The van der Waals surface area contributed by atoms with Gasteiger partial charge in [-0.25, -0.2) is 0 Å². The molecule has 55 heavy (non-hydrogen) atoms. The zero-order valence-electron chi connectivity index (χ0n) is 32.0. The van der Waals surface area contributed by atoms with Crippen molar-refractivity contribution in [3.05, 3.63) is 137 Å². The first kappa shape index (κ1) is 41.0. The van der Waals surface area contributed by atoms with Gasteiger partial charge in [0.15, 0.2) is 0 Å². The van der Waals surface area contributed by atoms with Crippen molar-refractivity contribution in [1.82, 2.24) is 14.7 Å². The number of likely N-dealkylation sites (N-methyl/N-ethyl adjacent to an activating group) is 2. The number of nitrogens with zero attached hydrogens (tertiary/aromatic N) is 4. The number of hydrogen-bond donors (Lipinski definition) is 0. The molecule has 0 radical (unpaired) electrons. The summed E-state index contributed by atoms with van der Waals surface area (Å²) in [6.07, 6.45) is -1.28. The van der Waals surface area contributed by atoms with Gasteiger partial charge in [0.2, 0.25) is 11.8 Å². The summed E-state index contributed by atoms with van der Waals surface area (Å²) in [5, 5.41) is 0. The molecule has 1 aliphatic heterocycles. The van der Waals surface area contributed by atoms with Crippen LogP contribution in [0.3, 0.4) is 0 Å². The van der Waals surface area contributed by atoms with E-state index in [1.54, 1.807) is 16.8 Å². The van der Waals surface area contributed by atoms with Crippen molar-refractivity contribution in [3.8, 4) is 5.75 Å². The average Bonchev–Trinajstić information content (AvgIpc) is 3.18. The van der Waals surface area contributed by atoms with Crippen molar-refractivity contribution >= 4 is 23.6 Å². The van der Waals surface area contributed by atoms with E-state index in [2.05, 4.69) is 9.80 Å². The number of amides is 2. The number of carbonyl (C=O) groups excluding carboxylic acids is 2. The summed E-state index contributed by atoms with van der Waals surface area (Å²) in [5.74, 6) is 0.174. The van der Waals surface area contributed by atoms with Gasteiger partial charge in [-0.05, 0) is 85.6 Å². The van der Waals surface area contributed by atoms with E-state index in [-0.39, 0.29) is 25.0 Å². The monoisotopic (exact) mass is 756 g/mol. The lowest BCUT2D eigenvalue weighted by Crippen LogP contribution is -2.51. The summed E-state index contributed by atoms with van der Waals surface area (Å²) < 4.78 is 50.9. The van der Waals surface area contributed by atoms with Crippen molar-refractivity contribution in [2.24, 2.45) is 0 Å². The smallest absolute Gasteiger partial charge is 0.416 e. The first-order chi connectivity index (χ1) is 26.4. The van der Waals surface area contributed by atoms with Crippen LogP contribution in [-0.4, -0.2) is 92.1 Å². The molecule has 292 valence electrons. The SMILES string of the molecule is CC(C)Oc1ccc(CN(C)CCN(C)C(=O)[C@H](Cc2ccccc2)N(Cc2ccc(N3CCOCC3)cc2)C(=O)C=Cc2ccc(C(F)(F)F)cc2)cc1. The van der Waals surface area contributed by atoms with E-state index >= 15 is 0 Å². The average molecular weight is 757 g/mol. The van der Waals surface area contributed by atoms with Gasteiger partial charge in [-0.15, -0.1) is 0 Å². The van der Waals surface area contributed by atoms with Crippen LogP contribution in [0.4, 0.5) is 18.9 Å². The Bertz CT molecular complexity index is 1830. The number of carbonyl (C=O) groups is 2. The molecule has 1 fully saturated rings. The Morgan fingerprint density at radius 3 is 2.04 bits per heavy atom. The molecule has 0 aromatic heterocycles. The standard InChI is InChI=1S/C44H51F3N4O4/c1-33(2)55-40-21-14-36(15-22-40)31-48(3)24-25-49(4)43(53)41(30-35-8-6-5-7-9-35)51(32-37-12-19-39(20-13-37)50-26-28-54-29-27-50)42(52)23-16-34-10-17-38(18-11-34)44(45,46)47/h5-23,33,41H,24-32H2,1-4H3/t41-/m0/s1. The molecule has 0 spiro atoms. The Kier molecular flexibility index (Phi) is 14.5. The number of halogens is 3. The third-order valence-electron chi connectivity index (χ3n) is 9.48. The van der Waals surface area contributed by atoms with E-state index < -0.39 is 23.7 Å². The molecular formula is C44H51F3N4O4. The Balaban J connectivity index is 1.37. The van der Waals surface area contributed by atoms with Crippen LogP contribution in [0, 0.1) is 0 Å². The Labute approximate surface area is 322 Å². The molecule has 4 aromatic rings. The maximum Gasteiger partial charge on any atom is 0.416 e. The molecule has 0 bridgehead atoms. The highest BCUT2D eigenvalue weighted by Gasteiger charge is 2.32. The molecular weight excluding hydrogens is 706 g/mol. The van der Waals surface area contributed by atoms with Gasteiger partial charge < -0.3 is 29.1 Å². The summed E-state index contributed by atoms with van der Waals surface area (Å²) in [7, 11) is 3.75. The van der Waals surface area contributed by atoms with Crippen LogP contribution in [0.2, 0.25) is 0 Å². The van der Waals surface area contributed by atoms with Crippen LogP contribution in [0.5, 0.6) is 5.75 Å². The molecule has 0 unspecified atom stereocenters. The molecule has 0 N–H and O–H groups in total. The lowest BCUT2D eigenvalue weighted by atomic mass is 10.0. The van der Waals surface area contributed by atoms with Crippen LogP contribution in [-0.2, 0) is 40.0 Å². The maximum atomic E-state index is 14.5. The van der Waals surface area contributed by atoms with Crippen molar-refractivity contribution in [2.75, 3.05) is 58.4 Å². The highest BCUT2D eigenvalue weighted by molar-refractivity contribution is 5.95. The van der Waals surface area contributed by atoms with E-state index in [9.17, 15) is 22.8 Å². The van der Waals surface area contributed by atoms with Crippen molar-refractivity contribution in [2.45, 2.75) is 51.7 Å². The van der Waals surface area contributed by atoms with Crippen LogP contribution in [0.25, 0.3) is 6.08 Å². The quantitative estimate of drug-likeness (QED) is 0.110. The second kappa shape index (κ2) is 19.5. The third-order valence-corrected chi connectivity index (χ3v) is 9.48. The molecule has 1 aliphatic rings. The topological polar surface area (TPSA) is 65.6 Å². The fourth-order valence-corrected chi connectivity index (χ4v) is 6.41. The summed E-state index contributed by atoms with van der Waals surface area (Å²) in [6.45, 7) is 8.70. The zero-order chi connectivity index (χ0) is 39.4. The number of alkyl halides is 3. The first-order valence-electron chi connectivity index (χ1n) is 18.7. The molecule has 1 heterocycles. The summed E-state index contributed by atoms with van der Waals surface area (Å²) in [4.78, 5) is 36.3. The molecule has 0 aliphatic carbocycles. The predicted octanol–water partition coefficient (Wildman–Crippen LogP) is 7.57. The van der Waals surface area contributed by atoms with E-state index in [4.69, 9.17) is 9.47 Å². The number of ether oxygens (including phenoxy) is 2. The van der Waals surface area contributed by atoms with E-state index in [0.717, 1.165) is 53.3 Å². The predicted molar refractivity (Wildman–Crippen MR) is 211 cm³/mol. The van der Waals surface area contributed by atoms with Gasteiger partial charge in [0.25, 0.3) is 0 Å². The second-order valence-corrected chi connectivity index (χ2v) is 14.2. The number of rotatable bonds is 16. The zero-order valence-corrected chi connectivity index (χ0v) is 32.0. The van der Waals surface area contributed by atoms with Gasteiger partial charge in [-0.3, -0.25) is 9.59 Å². The molecule has 8 nitrogen and oxygen atoms in total. The molecule has 4 aromatic carbocycles. The molecule has 2 amide bonds. The Morgan fingerprint density at radius 2 is 1.42 bits per heavy atom. The minimum atomic E-state index is -4.47. The van der Waals surface area contributed by atoms with Crippen LogP contribution in [0.1, 0.15) is 41.7 Å². The van der Waals surface area contributed by atoms with E-state index in [1.165, 1.54) is 24.3 Å². The molecule has 5 rings (SSSR count). The highest BCUT2D eigenvalue weighted by atomic mass is 19.4. The van der Waals surface area contributed by atoms with Crippen molar-refractivity contribution in [3.63, 3.8) is 0 Å². The van der Waals surface area contributed by atoms with Gasteiger partial charge in [0.1, 0.15) is 11.8 Å². The Morgan fingerprint density at radius 1 is 0.800 bits per heavy atom. The largest absolute Gasteiger partial charge is 0.491 e.